The van der Waals surface area contributed by atoms with E-state index in [1.165, 1.54) is 25.7 Å². The molecule has 3 heteroatoms. The van der Waals surface area contributed by atoms with Gasteiger partial charge in [0.25, 0.3) is 5.91 Å². The lowest BCUT2D eigenvalue weighted by atomic mass is 10.1. The summed E-state index contributed by atoms with van der Waals surface area (Å²) in [4.78, 5) is 13.6. The first kappa shape index (κ1) is 15.5. The van der Waals surface area contributed by atoms with Crippen LogP contribution in [0.3, 0.4) is 0 Å². The number of hydrogen-bond acceptors (Lipinski definition) is 2. The van der Waals surface area contributed by atoms with Crippen molar-refractivity contribution in [3.63, 3.8) is 0 Å². The number of nitrogens with zero attached hydrogens (tertiary/aromatic N) is 1. The maximum atomic E-state index is 12.0. The molecule has 0 radical (unpaired) electrons. The molecule has 0 saturated carbocycles. The molecule has 0 heterocycles. The van der Waals surface area contributed by atoms with E-state index in [1.54, 1.807) is 19.0 Å². The molecule has 1 aromatic rings. The van der Waals surface area contributed by atoms with Gasteiger partial charge >= 0.3 is 0 Å². The summed E-state index contributed by atoms with van der Waals surface area (Å²) in [7, 11) is 3.56. The summed E-state index contributed by atoms with van der Waals surface area (Å²) < 4.78 is 0. The Balaban J connectivity index is 2.47. The van der Waals surface area contributed by atoms with E-state index < -0.39 is 0 Å². The van der Waals surface area contributed by atoms with Gasteiger partial charge in [0.2, 0.25) is 0 Å². The zero-order valence-corrected chi connectivity index (χ0v) is 12.4. The zero-order chi connectivity index (χ0) is 14.1. The van der Waals surface area contributed by atoms with Gasteiger partial charge < -0.3 is 10.2 Å². The smallest absolute Gasteiger partial charge is 0.255 e. The Kier molecular flexibility index (Phi) is 7.01. The summed E-state index contributed by atoms with van der Waals surface area (Å²) in [5.74, 6) is 0.0501. The number of nitrogens with one attached hydrogen (secondary N) is 1. The van der Waals surface area contributed by atoms with Crippen LogP contribution in [0.1, 0.15) is 49.4 Å². The Labute approximate surface area is 117 Å². The molecule has 1 amide bonds. The minimum absolute atomic E-state index is 0.0501. The second-order valence-corrected chi connectivity index (χ2v) is 5.09. The fourth-order valence-corrected chi connectivity index (χ4v) is 2.02. The van der Waals surface area contributed by atoms with E-state index in [1.807, 2.05) is 24.3 Å². The maximum Gasteiger partial charge on any atom is 0.255 e. The van der Waals surface area contributed by atoms with Crippen molar-refractivity contribution < 1.29 is 4.79 Å². The van der Waals surface area contributed by atoms with Crippen LogP contribution in [0.25, 0.3) is 0 Å². The first-order chi connectivity index (χ1) is 9.16. The highest BCUT2D eigenvalue weighted by Gasteiger charge is 2.11. The number of hydrogen-bond donors (Lipinski definition) is 1. The van der Waals surface area contributed by atoms with Gasteiger partial charge in [-0.15, -0.1) is 0 Å². The van der Waals surface area contributed by atoms with Crippen LogP contribution in [0.5, 0.6) is 0 Å². The molecule has 0 atom stereocenters. The molecule has 19 heavy (non-hydrogen) atoms. The van der Waals surface area contributed by atoms with Crippen molar-refractivity contribution in [3.8, 4) is 0 Å². The fourth-order valence-electron chi connectivity index (χ4n) is 2.02. The summed E-state index contributed by atoms with van der Waals surface area (Å²) in [6.07, 6.45) is 6.30. The number of carbonyl (C=O) groups is 1. The van der Waals surface area contributed by atoms with Gasteiger partial charge in [-0.05, 0) is 18.6 Å². The first-order valence-corrected chi connectivity index (χ1v) is 7.21. The van der Waals surface area contributed by atoms with Crippen LogP contribution < -0.4 is 5.32 Å². The Hall–Kier alpha value is -1.51. The van der Waals surface area contributed by atoms with Crippen LogP contribution in [0, 0.1) is 0 Å². The average Bonchev–Trinajstić information content (AvgIpc) is 2.42. The van der Waals surface area contributed by atoms with Crippen molar-refractivity contribution in [2.45, 2.75) is 39.0 Å². The monoisotopic (exact) mass is 262 g/mol. The molecule has 3 nitrogen and oxygen atoms in total. The lowest BCUT2D eigenvalue weighted by Crippen LogP contribution is -2.23. The van der Waals surface area contributed by atoms with E-state index in [4.69, 9.17) is 0 Å². The van der Waals surface area contributed by atoms with E-state index in [2.05, 4.69) is 12.2 Å². The molecular weight excluding hydrogens is 236 g/mol. The molecular formula is C16H26N2O. The standard InChI is InChI=1S/C16H26N2O/c1-4-5-6-7-10-13-17-15-12-9-8-11-14(15)16(19)18(2)3/h8-9,11-12,17H,4-7,10,13H2,1-3H3. The van der Waals surface area contributed by atoms with Gasteiger partial charge in [-0.2, -0.15) is 0 Å². The topological polar surface area (TPSA) is 32.3 Å². The summed E-state index contributed by atoms with van der Waals surface area (Å²) in [6, 6.07) is 7.72. The summed E-state index contributed by atoms with van der Waals surface area (Å²) in [5.41, 5.74) is 1.69. The molecule has 1 rings (SSSR count). The van der Waals surface area contributed by atoms with Crippen molar-refractivity contribution in [2.24, 2.45) is 0 Å². The third-order valence-electron chi connectivity index (χ3n) is 3.16. The van der Waals surface area contributed by atoms with Gasteiger partial charge in [-0.3, -0.25) is 4.79 Å². The molecule has 0 fully saturated rings. The van der Waals surface area contributed by atoms with Gasteiger partial charge in [-0.25, -0.2) is 0 Å². The minimum Gasteiger partial charge on any atom is -0.384 e. The highest BCUT2D eigenvalue weighted by atomic mass is 16.2. The molecule has 0 spiro atoms. The molecule has 1 N–H and O–H groups in total. The summed E-state index contributed by atoms with van der Waals surface area (Å²) >= 11 is 0. The van der Waals surface area contributed by atoms with Gasteiger partial charge in [0.05, 0.1) is 5.56 Å². The van der Waals surface area contributed by atoms with Crippen LogP contribution in [-0.4, -0.2) is 31.4 Å². The molecule has 0 saturated heterocycles. The number of amides is 1. The molecule has 106 valence electrons. The van der Waals surface area contributed by atoms with E-state index in [0.29, 0.717) is 0 Å². The summed E-state index contributed by atoms with van der Waals surface area (Å²) in [5, 5.41) is 3.38. The van der Waals surface area contributed by atoms with Crippen LogP contribution in [-0.2, 0) is 0 Å². The Bertz CT molecular complexity index is 388. The minimum atomic E-state index is 0.0501. The number of benzene rings is 1. The quantitative estimate of drug-likeness (QED) is 0.723. The van der Waals surface area contributed by atoms with Crippen molar-refractivity contribution in [3.05, 3.63) is 29.8 Å². The number of anilines is 1. The van der Waals surface area contributed by atoms with Crippen LogP contribution in [0.15, 0.2) is 24.3 Å². The molecule has 0 aromatic heterocycles. The molecule has 0 aliphatic carbocycles. The van der Waals surface area contributed by atoms with Crippen LogP contribution >= 0.6 is 0 Å². The largest absolute Gasteiger partial charge is 0.384 e. The van der Waals surface area contributed by atoms with Crippen molar-refractivity contribution >= 4 is 11.6 Å². The lowest BCUT2D eigenvalue weighted by molar-refractivity contribution is 0.0828. The van der Waals surface area contributed by atoms with Crippen molar-refractivity contribution in [1.82, 2.24) is 4.90 Å². The van der Waals surface area contributed by atoms with E-state index in [-0.39, 0.29) is 5.91 Å². The molecule has 0 bridgehead atoms. The van der Waals surface area contributed by atoms with Crippen LogP contribution in [0.4, 0.5) is 5.69 Å². The van der Waals surface area contributed by atoms with Crippen LogP contribution in [0.2, 0.25) is 0 Å². The number of carbonyl (C=O) groups excluding carboxylic acids is 1. The number of rotatable bonds is 8. The maximum absolute atomic E-state index is 12.0. The third kappa shape index (κ3) is 5.33. The van der Waals surface area contributed by atoms with E-state index in [0.717, 1.165) is 24.2 Å². The first-order valence-electron chi connectivity index (χ1n) is 7.21. The van der Waals surface area contributed by atoms with Gasteiger partial charge in [-0.1, -0.05) is 44.7 Å². The Morgan fingerprint density at radius 2 is 1.79 bits per heavy atom. The zero-order valence-electron chi connectivity index (χ0n) is 12.4. The molecule has 0 aliphatic heterocycles. The fraction of sp³-hybridized carbons (Fsp3) is 0.562. The average molecular weight is 262 g/mol. The van der Waals surface area contributed by atoms with E-state index in [9.17, 15) is 4.79 Å². The van der Waals surface area contributed by atoms with Crippen molar-refractivity contribution in [1.29, 1.82) is 0 Å². The highest BCUT2D eigenvalue weighted by molar-refractivity contribution is 5.99. The lowest BCUT2D eigenvalue weighted by Gasteiger charge is -2.15. The van der Waals surface area contributed by atoms with Gasteiger partial charge in [0, 0.05) is 26.3 Å². The predicted molar refractivity (Wildman–Crippen MR) is 81.7 cm³/mol. The van der Waals surface area contributed by atoms with Gasteiger partial charge in [0.15, 0.2) is 0 Å². The second kappa shape index (κ2) is 8.57. The Morgan fingerprint density at radius 3 is 2.47 bits per heavy atom. The van der Waals surface area contributed by atoms with Crippen molar-refractivity contribution in [2.75, 3.05) is 26.0 Å². The molecule has 1 aromatic carbocycles. The number of unbranched alkanes of at least 4 members (excludes halogenated alkanes) is 4. The predicted octanol–water partition coefficient (Wildman–Crippen LogP) is 3.77. The molecule has 0 aliphatic rings. The van der Waals surface area contributed by atoms with E-state index >= 15 is 0 Å². The third-order valence-corrected chi connectivity index (χ3v) is 3.16. The van der Waals surface area contributed by atoms with Gasteiger partial charge in [0.1, 0.15) is 0 Å². The second-order valence-electron chi connectivity index (χ2n) is 5.09. The highest BCUT2D eigenvalue weighted by Crippen LogP contribution is 2.16. The SMILES string of the molecule is CCCCCCCNc1ccccc1C(=O)N(C)C. The summed E-state index contributed by atoms with van der Waals surface area (Å²) in [6.45, 7) is 3.16. The number of para-hydroxylation sites is 1. The normalized spacial score (nSPS) is 10.3. The Morgan fingerprint density at radius 1 is 1.11 bits per heavy atom. The molecule has 0 unspecified atom stereocenters.